The number of nitrogens with two attached hydrogens (primary N) is 1. The maximum Gasteiger partial charge on any atom is 0.333 e. The number of hydrogen-bond acceptors (Lipinski definition) is 7. The van der Waals surface area contributed by atoms with E-state index in [4.69, 9.17) is 22.0 Å². The molecule has 0 aromatic carbocycles. The Balaban J connectivity index is 2.30. The summed E-state index contributed by atoms with van der Waals surface area (Å²) in [6.45, 7) is -0.940. The van der Waals surface area contributed by atoms with E-state index in [1.165, 1.54) is 0 Å². The minimum Gasteiger partial charge on any atom is -0.394 e. The summed E-state index contributed by atoms with van der Waals surface area (Å²) in [6, 6.07) is 0. The molecule has 0 radical (unpaired) electrons. The third-order valence-corrected chi connectivity index (χ3v) is 3.80. The summed E-state index contributed by atoms with van der Waals surface area (Å²) in [5, 5.41) is 19.1. The van der Waals surface area contributed by atoms with Crippen LogP contribution in [0.1, 0.15) is 6.23 Å². The van der Waals surface area contributed by atoms with Gasteiger partial charge in [0.1, 0.15) is 12.2 Å². The summed E-state index contributed by atoms with van der Waals surface area (Å²) < 4.78 is 20.9. The molecule has 0 spiro atoms. The number of nitrogens with one attached hydrogen (secondary N) is 1. The minimum atomic E-state index is -1.92. The fourth-order valence-corrected chi connectivity index (χ4v) is 2.74. The number of nitrogens with zero attached hydrogens (tertiary/aromatic N) is 3. The van der Waals surface area contributed by atoms with Gasteiger partial charge >= 0.3 is 5.69 Å². The summed E-state index contributed by atoms with van der Waals surface area (Å²) in [7, 11) is 0. The van der Waals surface area contributed by atoms with Crippen molar-refractivity contribution in [2.75, 3.05) is 12.3 Å². The number of aliphatic hydroxyl groups excluding tert-OH is 2. The molecule has 11 heteroatoms. The van der Waals surface area contributed by atoms with Crippen molar-refractivity contribution in [1.29, 1.82) is 0 Å². The van der Waals surface area contributed by atoms with E-state index in [-0.39, 0.29) is 23.7 Å². The van der Waals surface area contributed by atoms with Crippen LogP contribution in [0.5, 0.6) is 0 Å². The highest BCUT2D eigenvalue weighted by atomic mass is 19.1. The molecule has 0 bridgehead atoms. The van der Waals surface area contributed by atoms with Crippen LogP contribution >= 0.6 is 0 Å². The zero-order chi connectivity index (χ0) is 17.6. The molecule has 1 unspecified atom stereocenters. The smallest absolute Gasteiger partial charge is 0.333 e. The Hall–Kier alpha value is -2.68. The maximum atomic E-state index is 14.0. The van der Waals surface area contributed by atoms with Gasteiger partial charge in [0.15, 0.2) is 23.6 Å². The van der Waals surface area contributed by atoms with Gasteiger partial charge in [-0.2, -0.15) is 4.98 Å². The Morgan fingerprint density at radius 1 is 1.50 bits per heavy atom. The number of aromatic nitrogens is 4. The largest absolute Gasteiger partial charge is 0.394 e. The number of nitrogen functional groups attached to an aromatic ring is 1. The monoisotopic (exact) mass is 339 g/mol. The number of fused-ring (bicyclic) bond motifs is 1. The summed E-state index contributed by atoms with van der Waals surface area (Å²) >= 11 is 0. The van der Waals surface area contributed by atoms with Crippen LogP contribution in [0.4, 0.5) is 10.3 Å². The zero-order valence-corrected chi connectivity index (χ0v) is 12.2. The van der Waals surface area contributed by atoms with Gasteiger partial charge in [0.25, 0.3) is 5.56 Å². The fraction of sp³-hybridized carbons (Fsp3) is 0.462. The lowest BCUT2D eigenvalue weighted by atomic mass is 10.1. The Morgan fingerprint density at radius 3 is 2.79 bits per heavy atom. The molecule has 0 amide bonds. The first-order valence-corrected chi connectivity index (χ1v) is 6.93. The van der Waals surface area contributed by atoms with Gasteiger partial charge in [-0.1, -0.05) is 5.92 Å². The predicted octanol–water partition coefficient (Wildman–Crippen LogP) is -2.31. The lowest BCUT2D eigenvalue weighted by Gasteiger charge is -2.15. The second-order valence-electron chi connectivity index (χ2n) is 5.25. The molecule has 1 fully saturated rings. The average Bonchev–Trinajstić information content (AvgIpc) is 2.96. The van der Waals surface area contributed by atoms with Crippen LogP contribution in [0.2, 0.25) is 0 Å². The minimum absolute atomic E-state index is 0.175. The van der Waals surface area contributed by atoms with Crippen molar-refractivity contribution < 1.29 is 19.3 Å². The molecule has 1 aliphatic rings. The van der Waals surface area contributed by atoms with Crippen molar-refractivity contribution in [1.82, 2.24) is 19.1 Å². The van der Waals surface area contributed by atoms with Crippen molar-refractivity contribution in [2.45, 2.75) is 31.2 Å². The van der Waals surface area contributed by atoms with Crippen LogP contribution in [-0.4, -0.2) is 54.3 Å². The molecule has 3 rings (SSSR count). The molecule has 24 heavy (non-hydrogen) atoms. The van der Waals surface area contributed by atoms with E-state index in [1.807, 2.05) is 0 Å². The van der Waals surface area contributed by atoms with Crippen LogP contribution < -0.4 is 17.0 Å². The van der Waals surface area contributed by atoms with Crippen LogP contribution in [0, 0.1) is 12.3 Å². The van der Waals surface area contributed by atoms with Gasteiger partial charge < -0.3 is 20.7 Å². The van der Waals surface area contributed by atoms with Gasteiger partial charge in [-0.25, -0.2) is 13.8 Å². The highest BCUT2D eigenvalue weighted by Gasteiger charge is 2.46. The summed E-state index contributed by atoms with van der Waals surface area (Å²) in [5.41, 5.74) is 3.58. The molecule has 2 aromatic rings. The van der Waals surface area contributed by atoms with Gasteiger partial charge in [0.05, 0.1) is 13.2 Å². The maximum absolute atomic E-state index is 14.0. The lowest BCUT2D eigenvalue weighted by Crippen LogP contribution is -2.34. The number of ether oxygens (including phenoxy) is 1. The number of hydrogen-bond donors (Lipinski definition) is 4. The second-order valence-corrected chi connectivity index (χ2v) is 5.25. The molecular formula is C13H14FN5O5. The molecule has 10 nitrogen and oxygen atoms in total. The van der Waals surface area contributed by atoms with E-state index in [0.717, 1.165) is 9.13 Å². The van der Waals surface area contributed by atoms with Crippen molar-refractivity contribution in [2.24, 2.45) is 0 Å². The summed E-state index contributed by atoms with van der Waals surface area (Å²) in [5.74, 6) is 1.95. The van der Waals surface area contributed by atoms with Crippen LogP contribution in [0.25, 0.3) is 11.2 Å². The lowest BCUT2D eigenvalue weighted by molar-refractivity contribution is -0.0513. The Kier molecular flexibility index (Phi) is 3.88. The Morgan fingerprint density at radius 2 is 2.21 bits per heavy atom. The summed E-state index contributed by atoms with van der Waals surface area (Å²) in [6.07, 6.45) is -1.26. The number of rotatable bonds is 3. The highest BCUT2D eigenvalue weighted by molar-refractivity contribution is 5.72. The highest BCUT2D eigenvalue weighted by Crippen LogP contribution is 2.31. The topological polar surface area (TPSA) is 148 Å². The number of alkyl halides is 1. The first kappa shape index (κ1) is 16.2. The molecule has 2 aromatic heterocycles. The van der Waals surface area contributed by atoms with E-state index in [1.54, 1.807) is 0 Å². The van der Waals surface area contributed by atoms with Gasteiger partial charge in [0, 0.05) is 0 Å². The molecule has 1 saturated heterocycles. The van der Waals surface area contributed by atoms with Crippen molar-refractivity contribution >= 4 is 17.1 Å². The van der Waals surface area contributed by atoms with E-state index in [9.17, 15) is 19.1 Å². The van der Waals surface area contributed by atoms with E-state index >= 15 is 0 Å². The van der Waals surface area contributed by atoms with Gasteiger partial charge in [-0.05, 0) is 0 Å². The van der Waals surface area contributed by atoms with E-state index < -0.39 is 42.5 Å². The molecule has 1 aliphatic heterocycles. The molecular weight excluding hydrogens is 325 g/mol. The number of aliphatic hydroxyl groups is 2. The molecule has 5 N–H and O–H groups in total. The first-order chi connectivity index (χ1) is 11.4. The number of anilines is 1. The number of imidazole rings is 1. The fourth-order valence-electron chi connectivity index (χ4n) is 2.74. The van der Waals surface area contributed by atoms with Gasteiger partial charge in [0.2, 0.25) is 5.95 Å². The first-order valence-electron chi connectivity index (χ1n) is 6.93. The van der Waals surface area contributed by atoms with Crippen molar-refractivity contribution in [3.63, 3.8) is 0 Å². The predicted molar refractivity (Wildman–Crippen MR) is 79.8 cm³/mol. The Bertz CT molecular complexity index is 941. The normalized spacial score (nSPS) is 26.8. The standard InChI is InChI=1S/C13H14FN5O5/c1-2-3-18-7-9(16-12(15)17-10(7)22)19(13(18)23)11-8(21)6(14)5(4-20)24-11/h1,5-6,8,11,20-21H,3-4H2,(H3,15,16,17,22)/t5-,6-,8-,11?/m1/s1. The Labute approximate surface area is 133 Å². The molecule has 0 aliphatic carbocycles. The third-order valence-electron chi connectivity index (χ3n) is 3.80. The second kappa shape index (κ2) is 5.75. The molecule has 4 atom stereocenters. The number of H-pyrrole nitrogens is 1. The third kappa shape index (κ3) is 2.20. The SMILES string of the molecule is C#CCn1c(=O)n(C2O[C@H](CO)[C@@H](F)[C@H]2O)c2nc(N)[nH]c(=O)c21. The average molecular weight is 339 g/mol. The van der Waals surface area contributed by atoms with Crippen molar-refractivity contribution in [3.8, 4) is 12.3 Å². The number of aromatic amines is 1. The molecule has 128 valence electrons. The quantitative estimate of drug-likeness (QED) is 0.459. The van der Waals surface area contributed by atoms with E-state index in [0.29, 0.717) is 0 Å². The molecule has 3 heterocycles. The van der Waals surface area contributed by atoms with Crippen LogP contribution in [0.3, 0.4) is 0 Å². The van der Waals surface area contributed by atoms with Crippen LogP contribution in [-0.2, 0) is 11.3 Å². The van der Waals surface area contributed by atoms with E-state index in [2.05, 4.69) is 15.9 Å². The van der Waals surface area contributed by atoms with Crippen LogP contribution in [0.15, 0.2) is 9.59 Å². The van der Waals surface area contributed by atoms with Gasteiger partial charge in [-0.15, -0.1) is 6.42 Å². The molecule has 0 saturated carbocycles. The zero-order valence-electron chi connectivity index (χ0n) is 12.2. The summed E-state index contributed by atoms with van der Waals surface area (Å²) in [4.78, 5) is 30.8. The van der Waals surface area contributed by atoms with Crippen molar-refractivity contribution in [3.05, 3.63) is 20.8 Å². The van der Waals surface area contributed by atoms with Gasteiger partial charge in [-0.3, -0.25) is 14.3 Å². The number of halogens is 1. The number of terminal acetylenes is 1.